The Morgan fingerprint density at radius 3 is 1.53 bits per heavy atom. The third kappa shape index (κ3) is 4.19. The van der Waals surface area contributed by atoms with Crippen molar-refractivity contribution in [3.05, 3.63) is 176 Å². The lowest BCUT2D eigenvalue weighted by Crippen LogP contribution is -1.99. The maximum Gasteiger partial charge on any atom is 0.0973 e. The van der Waals surface area contributed by atoms with Gasteiger partial charge in [-0.15, -0.1) is 0 Å². The summed E-state index contributed by atoms with van der Waals surface area (Å²) >= 11 is 0. The van der Waals surface area contributed by atoms with E-state index >= 15 is 0 Å². The number of pyridine rings is 1. The van der Waals surface area contributed by atoms with Gasteiger partial charge in [0, 0.05) is 44.5 Å². The topological polar surface area (TPSA) is 22.8 Å². The van der Waals surface area contributed by atoms with E-state index in [4.69, 9.17) is 4.98 Å². The molecule has 0 aliphatic carbocycles. The van der Waals surface area contributed by atoms with E-state index in [2.05, 4.69) is 186 Å². The number of aromatic nitrogens is 3. The second-order valence-corrected chi connectivity index (χ2v) is 12.9. The molecule has 0 radical (unpaired) electrons. The van der Waals surface area contributed by atoms with Crippen molar-refractivity contribution >= 4 is 54.5 Å². The maximum absolute atomic E-state index is 5.33. The van der Waals surface area contributed by atoms with Gasteiger partial charge in [0.05, 0.1) is 27.6 Å². The minimum Gasteiger partial charge on any atom is -0.308 e. The van der Waals surface area contributed by atoms with E-state index < -0.39 is 0 Å². The number of nitrogens with zero attached hydrogens (tertiary/aromatic N) is 3. The summed E-state index contributed by atoms with van der Waals surface area (Å²) in [7, 11) is 0. The van der Waals surface area contributed by atoms with Crippen LogP contribution in [0.25, 0.3) is 88.1 Å². The summed E-state index contributed by atoms with van der Waals surface area (Å²) in [6.45, 7) is 2.25. The molecule has 0 aliphatic heterocycles. The predicted molar refractivity (Wildman–Crippen MR) is 206 cm³/mol. The van der Waals surface area contributed by atoms with E-state index in [0.717, 1.165) is 27.8 Å². The summed E-state index contributed by atoms with van der Waals surface area (Å²) in [5, 5.41) is 5.97. The fraction of sp³-hybridized carbons (Fsp3) is 0.0217. The number of hydrogen-bond acceptors (Lipinski definition) is 1. The number of rotatable bonds is 4. The highest BCUT2D eigenvalue weighted by atomic mass is 15.0. The van der Waals surface area contributed by atoms with Gasteiger partial charge in [0.15, 0.2) is 0 Å². The summed E-state index contributed by atoms with van der Waals surface area (Å²) < 4.78 is 4.86. The fourth-order valence-corrected chi connectivity index (χ4v) is 7.88. The molecule has 0 spiro atoms. The van der Waals surface area contributed by atoms with Crippen LogP contribution in [-0.2, 0) is 0 Å². The molecule has 0 saturated heterocycles. The first-order valence-corrected chi connectivity index (χ1v) is 16.8. The zero-order valence-corrected chi connectivity index (χ0v) is 27.0. The molecular weight excluding hydrogens is 595 g/mol. The summed E-state index contributed by atoms with van der Waals surface area (Å²) in [6, 6.07) is 58.9. The Morgan fingerprint density at radius 1 is 0.408 bits per heavy atom. The summed E-state index contributed by atoms with van der Waals surface area (Å²) in [6.07, 6.45) is 2.10. The number of aryl methyl sites for hydroxylation is 1. The molecule has 0 amide bonds. The molecule has 0 bridgehead atoms. The number of para-hydroxylation sites is 3. The molecule has 0 atom stereocenters. The standard InChI is InChI=1S/C46H31N3/c1-30-25-39-37-21-11-13-23-41(37)48(35-19-9-4-10-20-35)46(39)44-43(30)45-40(29-47-44)38-22-12-14-24-42(38)49(45)36-27-33(31-15-5-2-6-16-31)26-34(28-36)32-17-7-3-8-18-32/h2-29H,1H3. The predicted octanol–water partition coefficient (Wildman–Crippen LogP) is 12.1. The molecule has 3 heterocycles. The molecule has 0 N–H and O–H groups in total. The van der Waals surface area contributed by atoms with Gasteiger partial charge in [-0.1, -0.05) is 115 Å². The van der Waals surface area contributed by atoms with Crippen LogP contribution in [0.15, 0.2) is 170 Å². The number of fused-ring (bicyclic) bond motifs is 9. The molecule has 10 rings (SSSR count). The third-order valence-corrected chi connectivity index (χ3v) is 10.0. The van der Waals surface area contributed by atoms with Gasteiger partial charge in [0.2, 0.25) is 0 Å². The number of benzene rings is 7. The molecule has 7 aromatic carbocycles. The highest BCUT2D eigenvalue weighted by Gasteiger charge is 2.22. The molecule has 10 aromatic rings. The van der Waals surface area contributed by atoms with Crippen LogP contribution in [0, 0.1) is 6.92 Å². The van der Waals surface area contributed by atoms with Crippen LogP contribution in [0.1, 0.15) is 5.56 Å². The SMILES string of the molecule is Cc1cc2c3ccccc3n(-c3ccccc3)c2c2ncc3c4ccccc4n(-c4cc(-c5ccccc5)cc(-c5ccccc5)c4)c3c12. The van der Waals surface area contributed by atoms with E-state index in [1.807, 2.05) is 0 Å². The monoisotopic (exact) mass is 625 g/mol. The first kappa shape index (κ1) is 27.6. The zero-order chi connectivity index (χ0) is 32.5. The Labute approximate surface area is 283 Å². The zero-order valence-electron chi connectivity index (χ0n) is 27.0. The minimum absolute atomic E-state index is 1.01. The first-order chi connectivity index (χ1) is 24.2. The molecule has 49 heavy (non-hydrogen) atoms. The lowest BCUT2D eigenvalue weighted by atomic mass is 9.97. The molecule has 230 valence electrons. The van der Waals surface area contributed by atoms with Crippen molar-refractivity contribution in [1.82, 2.24) is 14.1 Å². The molecule has 3 nitrogen and oxygen atoms in total. The lowest BCUT2D eigenvalue weighted by molar-refractivity contribution is 1.17. The van der Waals surface area contributed by atoms with E-state index in [0.29, 0.717) is 0 Å². The Morgan fingerprint density at radius 2 is 0.918 bits per heavy atom. The van der Waals surface area contributed by atoms with Crippen LogP contribution < -0.4 is 0 Å². The van der Waals surface area contributed by atoms with Crippen LogP contribution >= 0.6 is 0 Å². The molecule has 0 saturated carbocycles. The minimum atomic E-state index is 1.01. The molecule has 0 aliphatic rings. The van der Waals surface area contributed by atoms with Gasteiger partial charge >= 0.3 is 0 Å². The largest absolute Gasteiger partial charge is 0.308 e. The van der Waals surface area contributed by atoms with Crippen LogP contribution in [0.4, 0.5) is 0 Å². The maximum atomic E-state index is 5.33. The first-order valence-electron chi connectivity index (χ1n) is 16.8. The molecule has 0 unspecified atom stereocenters. The van der Waals surface area contributed by atoms with Crippen molar-refractivity contribution in [3.63, 3.8) is 0 Å². The van der Waals surface area contributed by atoms with Gasteiger partial charge in [-0.3, -0.25) is 4.98 Å². The second kappa shape index (κ2) is 10.8. The van der Waals surface area contributed by atoms with Gasteiger partial charge in [-0.2, -0.15) is 0 Å². The van der Waals surface area contributed by atoms with E-state index in [9.17, 15) is 0 Å². The number of hydrogen-bond donors (Lipinski definition) is 0. The highest BCUT2D eigenvalue weighted by molar-refractivity contribution is 6.25. The fourth-order valence-electron chi connectivity index (χ4n) is 7.88. The van der Waals surface area contributed by atoms with Crippen molar-refractivity contribution in [1.29, 1.82) is 0 Å². The molecule has 3 heteroatoms. The summed E-state index contributed by atoms with van der Waals surface area (Å²) in [5.74, 6) is 0. The molecule has 3 aromatic heterocycles. The summed E-state index contributed by atoms with van der Waals surface area (Å²) in [4.78, 5) is 5.33. The quantitative estimate of drug-likeness (QED) is 0.191. The average Bonchev–Trinajstić information content (AvgIpc) is 3.69. The van der Waals surface area contributed by atoms with Crippen LogP contribution in [0.5, 0.6) is 0 Å². The normalized spacial score (nSPS) is 11.8. The Bertz CT molecular complexity index is 2800. The Balaban J connectivity index is 1.38. The Hall–Kier alpha value is -6.45. The second-order valence-electron chi connectivity index (χ2n) is 12.9. The van der Waals surface area contributed by atoms with Gasteiger partial charge in [0.25, 0.3) is 0 Å². The van der Waals surface area contributed by atoms with Crippen molar-refractivity contribution in [2.24, 2.45) is 0 Å². The van der Waals surface area contributed by atoms with Crippen molar-refractivity contribution in [2.45, 2.75) is 6.92 Å². The lowest BCUT2D eigenvalue weighted by Gasteiger charge is -2.16. The van der Waals surface area contributed by atoms with Crippen LogP contribution in [0.3, 0.4) is 0 Å². The van der Waals surface area contributed by atoms with E-state index in [1.54, 1.807) is 0 Å². The third-order valence-electron chi connectivity index (χ3n) is 10.0. The highest BCUT2D eigenvalue weighted by Crippen LogP contribution is 2.43. The molecule has 0 fully saturated rings. The average molecular weight is 626 g/mol. The van der Waals surface area contributed by atoms with Gasteiger partial charge in [0.1, 0.15) is 0 Å². The Kier molecular flexibility index (Phi) is 6.09. The van der Waals surface area contributed by atoms with E-state index in [1.165, 1.54) is 65.9 Å². The van der Waals surface area contributed by atoms with Gasteiger partial charge in [-0.05, 0) is 83.3 Å². The van der Waals surface area contributed by atoms with Crippen molar-refractivity contribution in [3.8, 4) is 33.6 Å². The van der Waals surface area contributed by atoms with Crippen LogP contribution in [0.2, 0.25) is 0 Å². The van der Waals surface area contributed by atoms with Crippen molar-refractivity contribution in [2.75, 3.05) is 0 Å². The van der Waals surface area contributed by atoms with E-state index in [-0.39, 0.29) is 0 Å². The van der Waals surface area contributed by atoms with Gasteiger partial charge < -0.3 is 9.13 Å². The van der Waals surface area contributed by atoms with Crippen LogP contribution in [-0.4, -0.2) is 14.1 Å². The van der Waals surface area contributed by atoms with Gasteiger partial charge in [-0.25, -0.2) is 0 Å². The van der Waals surface area contributed by atoms with Crippen molar-refractivity contribution < 1.29 is 0 Å². The molecular formula is C46H31N3. The summed E-state index contributed by atoms with van der Waals surface area (Å²) in [5.41, 5.74) is 13.9. The smallest absolute Gasteiger partial charge is 0.0973 e.